The lowest BCUT2D eigenvalue weighted by Crippen LogP contribution is -2.24. The first-order valence-electron chi connectivity index (χ1n) is 6.52. The second-order valence-corrected chi connectivity index (χ2v) is 6.75. The van der Waals surface area contributed by atoms with Crippen LogP contribution in [-0.4, -0.2) is 25.9 Å². The van der Waals surface area contributed by atoms with Gasteiger partial charge in [-0.1, -0.05) is 24.6 Å². The molecule has 7 nitrogen and oxygen atoms in total. The number of halogens is 1. The molecule has 118 valence electrons. The lowest BCUT2D eigenvalue weighted by atomic mass is 10.1. The smallest absolute Gasteiger partial charge is 0.240 e. The average molecular weight is 342 g/mol. The minimum Gasteiger partial charge on any atom is -0.370 e. The highest BCUT2D eigenvalue weighted by Gasteiger charge is 2.16. The quantitative estimate of drug-likeness (QED) is 0.561. The third kappa shape index (κ3) is 3.46. The van der Waals surface area contributed by atoms with Gasteiger partial charge in [0.15, 0.2) is 11.8 Å². The highest BCUT2D eigenvalue weighted by atomic mass is 35.5. The third-order valence-corrected chi connectivity index (χ3v) is 4.64. The molecule has 0 saturated carbocycles. The second kappa shape index (κ2) is 6.47. The number of fused-ring (bicyclic) bond motifs is 1. The van der Waals surface area contributed by atoms with Crippen molar-refractivity contribution in [2.24, 2.45) is 16.5 Å². The van der Waals surface area contributed by atoms with Crippen molar-refractivity contribution in [1.82, 2.24) is 9.71 Å². The Morgan fingerprint density at radius 1 is 1.36 bits per heavy atom. The van der Waals surface area contributed by atoms with Crippen molar-refractivity contribution in [3.8, 4) is 0 Å². The molecule has 2 rings (SSSR count). The van der Waals surface area contributed by atoms with E-state index in [4.69, 9.17) is 23.1 Å². The van der Waals surface area contributed by atoms with Crippen LogP contribution in [0.3, 0.4) is 0 Å². The molecule has 0 spiro atoms. The number of benzene rings is 1. The summed E-state index contributed by atoms with van der Waals surface area (Å²) < 4.78 is 26.9. The van der Waals surface area contributed by atoms with Gasteiger partial charge in [0, 0.05) is 23.5 Å². The van der Waals surface area contributed by atoms with Crippen molar-refractivity contribution in [3.05, 3.63) is 29.4 Å². The first kappa shape index (κ1) is 16.5. The normalized spacial score (nSPS) is 11.5. The van der Waals surface area contributed by atoms with Crippen LogP contribution in [0.1, 0.15) is 13.3 Å². The molecule has 9 heteroatoms. The molecule has 0 bridgehead atoms. The number of sulfonamides is 1. The summed E-state index contributed by atoms with van der Waals surface area (Å²) >= 11 is 6.08. The minimum atomic E-state index is -3.60. The monoisotopic (exact) mass is 341 g/mol. The molecule has 22 heavy (non-hydrogen) atoms. The van der Waals surface area contributed by atoms with E-state index < -0.39 is 10.0 Å². The van der Waals surface area contributed by atoms with Crippen LogP contribution in [0.5, 0.6) is 0 Å². The highest BCUT2D eigenvalue weighted by molar-refractivity contribution is 7.89. The maximum atomic E-state index is 12.2. The van der Waals surface area contributed by atoms with Gasteiger partial charge in [0.25, 0.3) is 0 Å². The number of nitrogens with two attached hydrogens (primary N) is 2. The average Bonchev–Trinajstić information content (AvgIpc) is 2.47. The summed E-state index contributed by atoms with van der Waals surface area (Å²) in [5, 5.41) is 1.46. The number of aliphatic imine (C=N–C) groups is 1. The molecule has 5 N–H and O–H groups in total. The van der Waals surface area contributed by atoms with Gasteiger partial charge in [-0.25, -0.2) is 18.1 Å². The van der Waals surface area contributed by atoms with Gasteiger partial charge in [-0.2, -0.15) is 4.99 Å². The maximum absolute atomic E-state index is 12.2. The molecule has 0 aliphatic carbocycles. The molecule has 0 amide bonds. The van der Waals surface area contributed by atoms with Crippen LogP contribution in [-0.2, 0) is 10.0 Å². The van der Waals surface area contributed by atoms with Gasteiger partial charge in [0.2, 0.25) is 10.0 Å². The van der Waals surface area contributed by atoms with Crippen LogP contribution in [0, 0.1) is 0 Å². The van der Waals surface area contributed by atoms with E-state index >= 15 is 0 Å². The Morgan fingerprint density at radius 2 is 2.09 bits per heavy atom. The van der Waals surface area contributed by atoms with Crippen LogP contribution < -0.4 is 16.2 Å². The van der Waals surface area contributed by atoms with Crippen LogP contribution >= 0.6 is 11.6 Å². The van der Waals surface area contributed by atoms with Gasteiger partial charge in [-0.15, -0.1) is 0 Å². The topological polar surface area (TPSA) is 123 Å². The Labute approximate surface area is 133 Å². The number of pyridine rings is 1. The van der Waals surface area contributed by atoms with Crippen molar-refractivity contribution in [1.29, 1.82) is 0 Å². The minimum absolute atomic E-state index is 0.101. The zero-order chi connectivity index (χ0) is 16.3. The summed E-state index contributed by atoms with van der Waals surface area (Å²) in [6.07, 6.45) is 2.11. The van der Waals surface area contributed by atoms with Gasteiger partial charge in [-0.3, -0.25) is 0 Å². The first-order chi connectivity index (χ1) is 10.3. The van der Waals surface area contributed by atoms with E-state index in [0.29, 0.717) is 28.8 Å². The van der Waals surface area contributed by atoms with Crippen molar-refractivity contribution < 1.29 is 8.42 Å². The van der Waals surface area contributed by atoms with Crippen molar-refractivity contribution in [2.45, 2.75) is 18.2 Å². The summed E-state index contributed by atoms with van der Waals surface area (Å²) in [7, 11) is -3.60. The molecule has 1 aromatic carbocycles. The fourth-order valence-electron chi connectivity index (χ4n) is 1.87. The number of nitrogens with zero attached hydrogens (tertiary/aromatic N) is 2. The van der Waals surface area contributed by atoms with E-state index in [1.165, 1.54) is 18.3 Å². The molecular formula is C13H16ClN5O2S. The fourth-order valence-corrected chi connectivity index (χ4v) is 3.25. The maximum Gasteiger partial charge on any atom is 0.240 e. The summed E-state index contributed by atoms with van der Waals surface area (Å²) in [5.74, 6) is 0.0421. The molecule has 1 aromatic heterocycles. The van der Waals surface area contributed by atoms with Gasteiger partial charge < -0.3 is 11.5 Å². The Morgan fingerprint density at radius 3 is 2.73 bits per heavy atom. The number of hydrogen-bond acceptors (Lipinski definition) is 4. The number of guanidine groups is 1. The lowest BCUT2D eigenvalue weighted by molar-refractivity contribution is 0.581. The molecule has 0 atom stereocenters. The van der Waals surface area contributed by atoms with E-state index in [-0.39, 0.29) is 16.7 Å². The van der Waals surface area contributed by atoms with Gasteiger partial charge in [0.1, 0.15) is 0 Å². The van der Waals surface area contributed by atoms with E-state index in [2.05, 4.69) is 14.7 Å². The van der Waals surface area contributed by atoms with E-state index in [0.717, 1.165) is 0 Å². The van der Waals surface area contributed by atoms with Crippen LogP contribution in [0.4, 0.5) is 5.82 Å². The molecular weight excluding hydrogens is 326 g/mol. The first-order valence-corrected chi connectivity index (χ1v) is 8.39. The summed E-state index contributed by atoms with van der Waals surface area (Å²) in [6.45, 7) is 2.23. The predicted octanol–water partition coefficient (Wildman–Crippen LogP) is 1.48. The van der Waals surface area contributed by atoms with Crippen LogP contribution in [0.15, 0.2) is 34.3 Å². The number of aromatic nitrogens is 1. The number of nitrogens with one attached hydrogen (secondary N) is 1. The van der Waals surface area contributed by atoms with E-state index in [1.807, 2.05) is 6.92 Å². The van der Waals surface area contributed by atoms with Gasteiger partial charge >= 0.3 is 0 Å². The third-order valence-electron chi connectivity index (χ3n) is 2.88. The number of hydrogen-bond donors (Lipinski definition) is 3. The molecule has 0 aliphatic rings. The SMILES string of the molecule is CCCNS(=O)(=O)c1ccc2c(Cl)cnc(N=C(N)N)c2c1. The Bertz CT molecular complexity index is 832. The van der Waals surface area contributed by atoms with Crippen molar-refractivity contribution >= 4 is 44.2 Å². The highest BCUT2D eigenvalue weighted by Crippen LogP contribution is 2.31. The lowest BCUT2D eigenvalue weighted by Gasteiger charge is -2.09. The van der Waals surface area contributed by atoms with Crippen molar-refractivity contribution in [3.63, 3.8) is 0 Å². The molecule has 0 saturated heterocycles. The Hall–Kier alpha value is -1.90. The zero-order valence-electron chi connectivity index (χ0n) is 11.9. The molecule has 0 aliphatic heterocycles. The van der Waals surface area contributed by atoms with Crippen LogP contribution in [0.25, 0.3) is 10.8 Å². The number of rotatable bonds is 5. The second-order valence-electron chi connectivity index (χ2n) is 4.57. The molecule has 1 heterocycles. The van der Waals surface area contributed by atoms with E-state index in [1.54, 1.807) is 6.07 Å². The Balaban J connectivity index is 2.65. The molecule has 0 radical (unpaired) electrons. The van der Waals surface area contributed by atoms with Crippen LogP contribution in [0.2, 0.25) is 5.02 Å². The Kier molecular flexibility index (Phi) is 4.84. The van der Waals surface area contributed by atoms with Crippen molar-refractivity contribution in [2.75, 3.05) is 6.54 Å². The standard InChI is InChI=1S/C13H16ClN5O2S/c1-2-5-18-22(20,21)8-3-4-9-10(6-8)12(19-13(15)16)17-7-11(9)14/h3-4,6-7,18H,2,5H2,1H3,(H4,15,16,17,19). The fraction of sp³-hybridized carbons (Fsp3) is 0.231. The molecule has 2 aromatic rings. The van der Waals surface area contributed by atoms with Gasteiger partial charge in [-0.05, 0) is 18.6 Å². The largest absolute Gasteiger partial charge is 0.370 e. The summed E-state index contributed by atoms with van der Waals surface area (Å²) in [5.41, 5.74) is 10.7. The van der Waals surface area contributed by atoms with E-state index in [9.17, 15) is 8.42 Å². The molecule has 0 fully saturated rings. The van der Waals surface area contributed by atoms with Gasteiger partial charge in [0.05, 0.1) is 9.92 Å². The zero-order valence-corrected chi connectivity index (χ0v) is 13.4. The summed E-state index contributed by atoms with van der Waals surface area (Å²) in [6, 6.07) is 4.53. The predicted molar refractivity (Wildman–Crippen MR) is 87.7 cm³/mol. The molecule has 0 unspecified atom stereocenters. The summed E-state index contributed by atoms with van der Waals surface area (Å²) in [4.78, 5) is 8.04.